The Morgan fingerprint density at radius 1 is 0.312 bits per heavy atom. The molecule has 0 spiro atoms. The molecule has 5 nitrogen and oxygen atoms in total. The smallest absolute Gasteiger partial charge is 0.161 e. The van der Waals surface area contributed by atoms with E-state index in [1.165, 1.54) is 0 Å². The summed E-state index contributed by atoms with van der Waals surface area (Å²) in [5, 5.41) is 8.87. The van der Waals surface area contributed by atoms with Gasteiger partial charge in [-0.1, -0.05) is 133 Å². The van der Waals surface area contributed by atoms with Crippen molar-refractivity contribution in [3.8, 4) is 67.3 Å². The maximum Gasteiger partial charge on any atom is 0.161 e. The van der Waals surface area contributed by atoms with E-state index in [4.69, 9.17) is 18.8 Å². The minimum absolute atomic E-state index is 0.639. The van der Waals surface area contributed by atoms with E-state index in [9.17, 15) is 0 Å². The Balaban J connectivity index is 1.04. The molecule has 298 valence electrons. The fourth-order valence-electron chi connectivity index (χ4n) is 9.40. The number of hydrogen-bond acceptors (Lipinski definition) is 5. The summed E-state index contributed by atoms with van der Waals surface area (Å²) in [7, 11) is 0. The molecule has 64 heavy (non-hydrogen) atoms. The van der Waals surface area contributed by atoms with E-state index in [1.54, 1.807) is 6.20 Å². The zero-order valence-electron chi connectivity index (χ0n) is 34.4. The second-order valence-electron chi connectivity index (χ2n) is 16.4. The summed E-state index contributed by atoms with van der Waals surface area (Å²) >= 11 is 0. The van der Waals surface area contributed by atoms with Gasteiger partial charge in [0.15, 0.2) is 5.82 Å². The Hall–Kier alpha value is -8.67. The molecule has 13 aromatic rings. The highest BCUT2D eigenvalue weighted by Gasteiger charge is 2.19. The Labute approximate surface area is 367 Å². The fourth-order valence-corrected chi connectivity index (χ4v) is 9.40. The first kappa shape index (κ1) is 36.0. The van der Waals surface area contributed by atoms with Gasteiger partial charge in [0.2, 0.25) is 0 Å². The first-order valence-electron chi connectivity index (χ1n) is 21.5. The minimum Gasteiger partial charge on any atom is -0.455 e. The lowest BCUT2D eigenvalue weighted by molar-refractivity contribution is 0.672. The molecule has 0 unspecified atom stereocenters. The molecular weight excluding hydrogens is 783 g/mol. The SMILES string of the molecule is c1ccc(-c2cc(-c3cc(-c4ccc5oc6c7ccccc7ccc6c5c4)cc(-c4ccc5oc6c7ccccc7ccc6c5c4)c3)nc(-c3ccccc3-c3cccnc3)n2)cc1. The number of benzene rings is 9. The van der Waals surface area contributed by atoms with Gasteiger partial charge in [0.25, 0.3) is 0 Å². The fraction of sp³-hybridized carbons (Fsp3) is 0. The highest BCUT2D eigenvalue weighted by Crippen LogP contribution is 2.42. The predicted octanol–water partition coefficient (Wildman–Crippen LogP) is 16.0. The van der Waals surface area contributed by atoms with E-state index in [-0.39, 0.29) is 0 Å². The Morgan fingerprint density at radius 3 is 1.45 bits per heavy atom. The first-order chi connectivity index (χ1) is 31.7. The third kappa shape index (κ3) is 5.98. The number of aromatic nitrogens is 3. The van der Waals surface area contributed by atoms with E-state index in [2.05, 4.69) is 187 Å². The monoisotopic (exact) mass is 817 g/mol. The number of fused-ring (bicyclic) bond motifs is 10. The molecule has 0 aliphatic heterocycles. The quantitative estimate of drug-likeness (QED) is 0.167. The summed E-state index contributed by atoms with van der Waals surface area (Å²) in [6.45, 7) is 0. The number of rotatable bonds is 6. The average molecular weight is 818 g/mol. The summed E-state index contributed by atoms with van der Waals surface area (Å²) in [4.78, 5) is 15.1. The molecule has 4 aromatic heterocycles. The van der Waals surface area contributed by atoms with Crippen LogP contribution in [-0.4, -0.2) is 15.0 Å². The second kappa shape index (κ2) is 14.5. The van der Waals surface area contributed by atoms with Crippen LogP contribution >= 0.6 is 0 Å². The van der Waals surface area contributed by atoms with E-state index < -0.39 is 0 Å². The van der Waals surface area contributed by atoms with Gasteiger partial charge < -0.3 is 8.83 Å². The van der Waals surface area contributed by atoms with Crippen molar-refractivity contribution in [2.75, 3.05) is 0 Å². The molecule has 0 aliphatic carbocycles. The maximum atomic E-state index is 6.56. The lowest BCUT2D eigenvalue weighted by Gasteiger charge is -2.15. The minimum atomic E-state index is 0.639. The van der Waals surface area contributed by atoms with Crippen LogP contribution in [0.3, 0.4) is 0 Å². The molecule has 0 bridgehead atoms. The molecule has 13 rings (SSSR count). The summed E-state index contributed by atoms with van der Waals surface area (Å²) < 4.78 is 13.1. The van der Waals surface area contributed by atoms with Gasteiger partial charge >= 0.3 is 0 Å². The highest BCUT2D eigenvalue weighted by molar-refractivity contribution is 6.17. The van der Waals surface area contributed by atoms with E-state index in [1.807, 2.05) is 24.4 Å². The zero-order chi connectivity index (χ0) is 42.1. The Morgan fingerprint density at radius 2 is 0.844 bits per heavy atom. The van der Waals surface area contributed by atoms with E-state index in [0.29, 0.717) is 5.82 Å². The van der Waals surface area contributed by atoms with Crippen LogP contribution in [0, 0.1) is 0 Å². The molecule has 0 fully saturated rings. The van der Waals surface area contributed by atoms with Crippen LogP contribution in [0.5, 0.6) is 0 Å². The van der Waals surface area contributed by atoms with Crippen molar-refractivity contribution >= 4 is 65.4 Å². The molecule has 0 saturated carbocycles. The van der Waals surface area contributed by atoms with Crippen LogP contribution in [0.25, 0.3) is 133 Å². The van der Waals surface area contributed by atoms with Crippen molar-refractivity contribution in [2.45, 2.75) is 0 Å². The van der Waals surface area contributed by atoms with Gasteiger partial charge in [0.1, 0.15) is 22.3 Å². The third-order valence-corrected chi connectivity index (χ3v) is 12.6. The van der Waals surface area contributed by atoms with Crippen molar-refractivity contribution < 1.29 is 8.83 Å². The molecule has 0 N–H and O–H groups in total. The van der Waals surface area contributed by atoms with Crippen LogP contribution in [0.1, 0.15) is 0 Å². The second-order valence-corrected chi connectivity index (χ2v) is 16.4. The normalized spacial score (nSPS) is 11.8. The number of pyridine rings is 1. The van der Waals surface area contributed by atoms with E-state index in [0.717, 1.165) is 127 Å². The standard InChI is InChI=1S/C59H35N3O2/c1-2-13-38(14-3-1)53-34-54(62-59(61-53)50-19-9-8-16-45(50)41-15-10-28-60-35-41)44-30-42(39-22-26-55-51(32-39)48-24-20-36-11-4-6-17-46(36)57(48)63-55)29-43(31-44)40-23-27-56-52(33-40)49-25-21-37-12-5-7-18-47(37)58(49)64-56/h1-35H. The van der Waals surface area contributed by atoms with Gasteiger partial charge in [0.05, 0.1) is 11.4 Å². The van der Waals surface area contributed by atoms with Gasteiger partial charge in [-0.05, 0) is 105 Å². The maximum absolute atomic E-state index is 6.56. The van der Waals surface area contributed by atoms with Crippen molar-refractivity contribution in [3.05, 3.63) is 213 Å². The summed E-state index contributed by atoms with van der Waals surface area (Å²) in [6.07, 6.45) is 3.69. The van der Waals surface area contributed by atoms with E-state index >= 15 is 0 Å². The van der Waals surface area contributed by atoms with Crippen LogP contribution in [0.4, 0.5) is 0 Å². The molecule has 0 aliphatic rings. The zero-order valence-corrected chi connectivity index (χ0v) is 34.4. The van der Waals surface area contributed by atoms with Crippen LogP contribution in [0.2, 0.25) is 0 Å². The third-order valence-electron chi connectivity index (χ3n) is 12.6. The van der Waals surface area contributed by atoms with Crippen LogP contribution in [0.15, 0.2) is 221 Å². The number of nitrogens with zero attached hydrogens (tertiary/aromatic N) is 3. The summed E-state index contributed by atoms with van der Waals surface area (Å²) in [5.41, 5.74) is 14.4. The molecule has 0 atom stereocenters. The lowest BCUT2D eigenvalue weighted by atomic mass is 9.93. The average Bonchev–Trinajstić information content (AvgIpc) is 3.95. The lowest BCUT2D eigenvalue weighted by Crippen LogP contribution is -1.98. The molecule has 9 aromatic carbocycles. The predicted molar refractivity (Wildman–Crippen MR) is 262 cm³/mol. The van der Waals surface area contributed by atoms with Gasteiger partial charge in [-0.3, -0.25) is 4.98 Å². The molecular formula is C59H35N3O2. The Kier molecular flexibility index (Phi) is 8.15. The Bertz CT molecular complexity index is 3790. The van der Waals surface area contributed by atoms with Gasteiger partial charge in [-0.2, -0.15) is 0 Å². The summed E-state index contributed by atoms with van der Waals surface area (Å²) in [5.74, 6) is 0.639. The van der Waals surface area contributed by atoms with Crippen molar-refractivity contribution in [3.63, 3.8) is 0 Å². The van der Waals surface area contributed by atoms with Crippen molar-refractivity contribution in [1.29, 1.82) is 0 Å². The van der Waals surface area contributed by atoms with Gasteiger partial charge in [-0.15, -0.1) is 0 Å². The van der Waals surface area contributed by atoms with Crippen LogP contribution in [-0.2, 0) is 0 Å². The highest BCUT2D eigenvalue weighted by atomic mass is 16.3. The topological polar surface area (TPSA) is 65.0 Å². The molecule has 0 radical (unpaired) electrons. The van der Waals surface area contributed by atoms with Gasteiger partial charge in [-0.25, -0.2) is 9.97 Å². The molecule has 0 amide bonds. The molecule has 4 heterocycles. The molecule has 5 heteroatoms. The first-order valence-corrected chi connectivity index (χ1v) is 21.5. The van der Waals surface area contributed by atoms with Crippen LogP contribution < -0.4 is 0 Å². The summed E-state index contributed by atoms with van der Waals surface area (Å²) in [6, 6.07) is 70.2. The van der Waals surface area contributed by atoms with Crippen molar-refractivity contribution in [1.82, 2.24) is 15.0 Å². The largest absolute Gasteiger partial charge is 0.455 e. The number of furan rings is 2. The number of hydrogen-bond donors (Lipinski definition) is 0. The molecule has 0 saturated heterocycles. The van der Waals surface area contributed by atoms with Crippen molar-refractivity contribution in [2.24, 2.45) is 0 Å². The van der Waals surface area contributed by atoms with Gasteiger partial charge in [0, 0.05) is 67.0 Å².